The lowest BCUT2D eigenvalue weighted by Crippen LogP contribution is -2.46. The third-order valence-corrected chi connectivity index (χ3v) is 8.37. The van der Waals surface area contributed by atoms with Crippen LogP contribution in [0.5, 0.6) is 5.75 Å². The van der Waals surface area contributed by atoms with E-state index in [2.05, 4.69) is 29.2 Å². The lowest BCUT2D eigenvalue weighted by molar-refractivity contribution is -0.0192. The molecule has 5 nitrogen and oxygen atoms in total. The third-order valence-electron chi connectivity index (χ3n) is 7.11. The highest BCUT2D eigenvalue weighted by atomic mass is 32.2. The Bertz CT molecular complexity index is 1170. The predicted molar refractivity (Wildman–Crippen MR) is 139 cm³/mol. The fraction of sp³-hybridized carbons (Fsp3) is 0.345. The van der Waals surface area contributed by atoms with Crippen LogP contribution in [0, 0.1) is 0 Å². The van der Waals surface area contributed by atoms with Crippen LogP contribution in [0.4, 0.5) is 0 Å². The Morgan fingerprint density at radius 2 is 1.74 bits per heavy atom. The molecule has 2 N–H and O–H groups in total. The Morgan fingerprint density at radius 3 is 2.51 bits per heavy atom. The summed E-state index contributed by atoms with van der Waals surface area (Å²) in [6.07, 6.45) is 2.26. The number of aliphatic hydroxyl groups is 1. The van der Waals surface area contributed by atoms with E-state index >= 15 is 0 Å². The summed E-state index contributed by atoms with van der Waals surface area (Å²) in [7, 11) is 0. The lowest BCUT2D eigenvalue weighted by atomic mass is 9.85. The zero-order valence-electron chi connectivity index (χ0n) is 19.7. The molecule has 0 bridgehead atoms. The molecule has 0 spiro atoms. The first-order valence-corrected chi connectivity index (χ1v) is 13.2. The first-order chi connectivity index (χ1) is 17.0. The summed E-state index contributed by atoms with van der Waals surface area (Å²) in [6, 6.07) is 23.7. The Hall–Kier alpha value is -2.80. The molecule has 0 saturated carbocycles. The van der Waals surface area contributed by atoms with E-state index in [0.717, 1.165) is 55.1 Å². The fourth-order valence-corrected chi connectivity index (χ4v) is 6.46. The van der Waals surface area contributed by atoms with Crippen molar-refractivity contribution in [2.45, 2.75) is 36.7 Å². The molecule has 0 amide bonds. The monoisotopic (exact) mass is 489 g/mol. The molecule has 2 aliphatic heterocycles. The van der Waals surface area contributed by atoms with E-state index in [-0.39, 0.29) is 10.8 Å². The normalized spacial score (nSPS) is 19.2. The van der Waals surface area contributed by atoms with Gasteiger partial charge < -0.3 is 19.8 Å². The molecule has 1 unspecified atom stereocenters. The molecule has 182 valence electrons. The van der Waals surface area contributed by atoms with Crippen molar-refractivity contribution in [1.29, 1.82) is 0 Å². The van der Waals surface area contributed by atoms with Crippen molar-refractivity contribution in [2.24, 2.45) is 0 Å². The van der Waals surface area contributed by atoms with Crippen LogP contribution in [-0.2, 0) is 13.0 Å². The van der Waals surface area contributed by atoms with Crippen LogP contribution >= 0.6 is 11.8 Å². The zero-order chi connectivity index (χ0) is 24.3. The highest BCUT2D eigenvalue weighted by Crippen LogP contribution is 2.44. The maximum atomic E-state index is 11.6. The lowest BCUT2D eigenvalue weighted by Gasteiger charge is -2.38. The minimum atomic E-state index is -0.926. The Morgan fingerprint density at radius 1 is 1.00 bits per heavy atom. The van der Waals surface area contributed by atoms with Crippen molar-refractivity contribution < 1.29 is 19.7 Å². The van der Waals surface area contributed by atoms with Gasteiger partial charge in [0.2, 0.25) is 0 Å². The largest absolute Gasteiger partial charge is 0.489 e. The number of hydrogen-bond acceptors (Lipinski definition) is 5. The number of rotatable bonds is 7. The number of nitrogens with zero attached hydrogens (tertiary/aromatic N) is 1. The number of thioether (sulfide) groups is 1. The zero-order valence-corrected chi connectivity index (χ0v) is 20.5. The van der Waals surface area contributed by atoms with E-state index in [1.807, 2.05) is 42.1 Å². The standard InChI is InChI=1S/C29H31NO4S/c31-28(32)22-10-11-26-25(18-22)27(24-9-5-4-8-23(24)20-34-26)35-17-16-30-14-12-29(33,13-15-30)19-21-6-2-1-3-7-21/h1-11,18,27,33H,12-17,19-20H2,(H,31,32). The van der Waals surface area contributed by atoms with Gasteiger partial charge in [-0.05, 0) is 47.7 Å². The van der Waals surface area contributed by atoms with Gasteiger partial charge in [-0.2, -0.15) is 0 Å². The molecule has 1 fully saturated rings. The van der Waals surface area contributed by atoms with Crippen molar-refractivity contribution in [2.75, 3.05) is 25.4 Å². The average Bonchev–Trinajstić information content (AvgIpc) is 3.02. The van der Waals surface area contributed by atoms with E-state index in [1.165, 1.54) is 11.1 Å². The molecule has 2 aliphatic rings. The quantitative estimate of drug-likeness (QED) is 0.477. The van der Waals surface area contributed by atoms with Crippen LogP contribution in [-0.4, -0.2) is 52.1 Å². The Balaban J connectivity index is 1.25. The molecule has 1 atom stereocenters. The van der Waals surface area contributed by atoms with Crippen LogP contribution < -0.4 is 4.74 Å². The summed E-state index contributed by atoms with van der Waals surface area (Å²) in [4.78, 5) is 14.1. The molecule has 3 aromatic carbocycles. The second-order valence-electron chi connectivity index (χ2n) is 9.52. The van der Waals surface area contributed by atoms with Gasteiger partial charge in [0.1, 0.15) is 12.4 Å². The first kappa shape index (κ1) is 23.9. The minimum absolute atomic E-state index is 0.0165. The van der Waals surface area contributed by atoms with Gasteiger partial charge >= 0.3 is 5.97 Å². The Labute approximate surface area is 210 Å². The summed E-state index contributed by atoms with van der Waals surface area (Å²) in [5.74, 6) is 0.741. The van der Waals surface area contributed by atoms with Crippen molar-refractivity contribution in [1.82, 2.24) is 4.90 Å². The summed E-state index contributed by atoms with van der Waals surface area (Å²) in [5.41, 5.74) is 4.10. The summed E-state index contributed by atoms with van der Waals surface area (Å²) < 4.78 is 6.06. The molecule has 0 aliphatic carbocycles. The van der Waals surface area contributed by atoms with Gasteiger partial charge in [-0.3, -0.25) is 0 Å². The number of carboxylic acids is 1. The first-order valence-electron chi connectivity index (χ1n) is 12.2. The van der Waals surface area contributed by atoms with Gasteiger partial charge in [-0.1, -0.05) is 54.6 Å². The van der Waals surface area contributed by atoms with E-state index in [4.69, 9.17) is 4.74 Å². The van der Waals surface area contributed by atoms with Crippen LogP contribution in [0.25, 0.3) is 0 Å². The number of fused-ring (bicyclic) bond motifs is 2. The van der Waals surface area contributed by atoms with Crippen molar-refractivity contribution in [3.8, 4) is 5.75 Å². The van der Waals surface area contributed by atoms with Gasteiger partial charge in [-0.15, -0.1) is 11.8 Å². The highest BCUT2D eigenvalue weighted by molar-refractivity contribution is 7.99. The van der Waals surface area contributed by atoms with Gasteiger partial charge in [0.25, 0.3) is 0 Å². The fourth-order valence-electron chi connectivity index (χ4n) is 5.09. The number of hydrogen-bond donors (Lipinski definition) is 2. The number of piperidine rings is 1. The smallest absolute Gasteiger partial charge is 0.335 e. The van der Waals surface area contributed by atoms with Crippen LogP contribution in [0.3, 0.4) is 0 Å². The van der Waals surface area contributed by atoms with Crippen LogP contribution in [0.2, 0.25) is 0 Å². The summed E-state index contributed by atoms with van der Waals surface area (Å²) in [6.45, 7) is 3.18. The number of carboxylic acid groups (broad SMARTS) is 1. The van der Waals surface area contributed by atoms with Crippen molar-refractivity contribution >= 4 is 17.7 Å². The van der Waals surface area contributed by atoms with E-state index in [1.54, 1.807) is 18.2 Å². The van der Waals surface area contributed by atoms with Gasteiger partial charge in [0.15, 0.2) is 0 Å². The number of aromatic carboxylic acids is 1. The molecule has 35 heavy (non-hydrogen) atoms. The SMILES string of the molecule is O=C(O)c1ccc2c(c1)C(SCCN1CCC(O)(Cc3ccccc3)CC1)c1ccccc1CO2. The molecule has 2 heterocycles. The molecule has 3 aromatic rings. The van der Waals surface area contributed by atoms with Crippen molar-refractivity contribution in [3.05, 3.63) is 101 Å². The van der Waals surface area contributed by atoms with E-state index in [0.29, 0.717) is 13.0 Å². The molecular formula is C29H31NO4S. The third kappa shape index (κ3) is 5.56. The van der Waals surface area contributed by atoms with E-state index < -0.39 is 11.6 Å². The van der Waals surface area contributed by atoms with Gasteiger partial charge in [0.05, 0.1) is 16.4 Å². The topological polar surface area (TPSA) is 70.0 Å². The van der Waals surface area contributed by atoms with Gasteiger partial charge in [0, 0.05) is 37.4 Å². The maximum absolute atomic E-state index is 11.6. The second kappa shape index (κ2) is 10.4. The molecule has 1 saturated heterocycles. The number of carbonyl (C=O) groups is 1. The average molecular weight is 490 g/mol. The van der Waals surface area contributed by atoms with E-state index in [9.17, 15) is 15.0 Å². The van der Waals surface area contributed by atoms with Crippen LogP contribution in [0.1, 0.15) is 50.7 Å². The predicted octanol–water partition coefficient (Wildman–Crippen LogP) is 5.17. The highest BCUT2D eigenvalue weighted by Gasteiger charge is 2.32. The molecular weight excluding hydrogens is 458 g/mol. The number of ether oxygens (including phenoxy) is 1. The molecule has 0 radical (unpaired) electrons. The number of benzene rings is 3. The van der Waals surface area contributed by atoms with Crippen molar-refractivity contribution in [3.63, 3.8) is 0 Å². The summed E-state index contributed by atoms with van der Waals surface area (Å²) in [5, 5.41) is 20.7. The van der Waals surface area contributed by atoms with Crippen LogP contribution in [0.15, 0.2) is 72.8 Å². The second-order valence-corrected chi connectivity index (χ2v) is 10.7. The number of likely N-dealkylation sites (tertiary alicyclic amines) is 1. The summed E-state index contributed by atoms with van der Waals surface area (Å²) >= 11 is 1.84. The van der Waals surface area contributed by atoms with Gasteiger partial charge in [-0.25, -0.2) is 4.79 Å². The Kier molecular flexibility index (Phi) is 7.14. The molecule has 6 heteroatoms. The molecule has 0 aromatic heterocycles. The minimum Gasteiger partial charge on any atom is -0.489 e. The maximum Gasteiger partial charge on any atom is 0.335 e. The molecule has 5 rings (SSSR count).